The first-order valence-corrected chi connectivity index (χ1v) is 33.6. The minimum absolute atomic E-state index is 0.0794. The molecule has 0 saturated carbocycles. The molecule has 0 fully saturated rings. The van der Waals surface area contributed by atoms with E-state index < -0.39 is 6.10 Å². The van der Waals surface area contributed by atoms with Crippen LogP contribution in [0.4, 0.5) is 0 Å². The van der Waals surface area contributed by atoms with Gasteiger partial charge in [-0.05, 0) is 77.0 Å². The van der Waals surface area contributed by atoms with Crippen molar-refractivity contribution in [3.05, 3.63) is 48.6 Å². The quantitative estimate of drug-likeness (QED) is 0.0261. The second-order valence-corrected chi connectivity index (χ2v) is 22.7. The van der Waals surface area contributed by atoms with Gasteiger partial charge in [-0.15, -0.1) is 0 Å². The average molecular weight is 1070 g/mol. The van der Waals surface area contributed by atoms with Gasteiger partial charge in [0.15, 0.2) is 6.10 Å². The number of esters is 3. The Kier molecular flexibility index (Phi) is 62.6. The van der Waals surface area contributed by atoms with E-state index in [1.165, 1.54) is 218 Å². The topological polar surface area (TPSA) is 78.9 Å². The van der Waals surface area contributed by atoms with E-state index in [0.29, 0.717) is 19.3 Å². The Hall–Kier alpha value is -2.63. The van der Waals surface area contributed by atoms with Gasteiger partial charge in [0.1, 0.15) is 13.2 Å². The molecule has 76 heavy (non-hydrogen) atoms. The fraction of sp³-hybridized carbons (Fsp3) is 0.843. The molecule has 1 atom stereocenters. The fourth-order valence-electron chi connectivity index (χ4n) is 10.0. The summed E-state index contributed by atoms with van der Waals surface area (Å²) in [7, 11) is 0. The Balaban J connectivity index is 4.17. The van der Waals surface area contributed by atoms with E-state index in [9.17, 15) is 14.4 Å². The molecule has 0 rings (SSSR count). The first-order valence-electron chi connectivity index (χ1n) is 33.6. The van der Waals surface area contributed by atoms with Crippen LogP contribution in [0.2, 0.25) is 0 Å². The lowest BCUT2D eigenvalue weighted by molar-refractivity contribution is -0.167. The lowest BCUT2D eigenvalue weighted by Gasteiger charge is -2.18. The highest BCUT2D eigenvalue weighted by Gasteiger charge is 2.19. The normalized spacial score (nSPS) is 12.3. The van der Waals surface area contributed by atoms with Crippen molar-refractivity contribution in [2.75, 3.05) is 13.2 Å². The number of unbranched alkanes of at least 4 members (excludes halogenated alkanes) is 43. The van der Waals surface area contributed by atoms with Crippen LogP contribution in [-0.4, -0.2) is 37.2 Å². The number of hydrogen-bond donors (Lipinski definition) is 0. The maximum Gasteiger partial charge on any atom is 0.306 e. The number of carbonyl (C=O) groups is 3. The first kappa shape index (κ1) is 73.4. The highest BCUT2D eigenvalue weighted by atomic mass is 16.6. The number of rotatable bonds is 62. The highest BCUT2D eigenvalue weighted by molar-refractivity contribution is 5.71. The smallest absolute Gasteiger partial charge is 0.306 e. The summed E-state index contributed by atoms with van der Waals surface area (Å²) in [6.07, 6.45) is 81.5. The number of allylic oxidation sites excluding steroid dienone is 8. The summed E-state index contributed by atoms with van der Waals surface area (Å²) in [5, 5.41) is 0. The molecule has 444 valence electrons. The molecule has 0 aromatic rings. The molecule has 0 bridgehead atoms. The van der Waals surface area contributed by atoms with Crippen molar-refractivity contribution >= 4 is 17.9 Å². The summed E-state index contributed by atoms with van der Waals surface area (Å²) in [5.41, 5.74) is 0. The summed E-state index contributed by atoms with van der Waals surface area (Å²) >= 11 is 0. The van der Waals surface area contributed by atoms with Gasteiger partial charge in [-0.1, -0.05) is 313 Å². The molecule has 0 N–H and O–H groups in total. The lowest BCUT2D eigenvalue weighted by Crippen LogP contribution is -2.30. The van der Waals surface area contributed by atoms with Crippen molar-refractivity contribution < 1.29 is 28.6 Å². The van der Waals surface area contributed by atoms with E-state index in [0.717, 1.165) is 103 Å². The molecule has 0 spiro atoms. The van der Waals surface area contributed by atoms with E-state index in [-0.39, 0.29) is 31.1 Å². The van der Waals surface area contributed by atoms with Crippen LogP contribution < -0.4 is 0 Å². The van der Waals surface area contributed by atoms with E-state index in [1.54, 1.807) is 0 Å². The number of hydrogen-bond acceptors (Lipinski definition) is 6. The largest absolute Gasteiger partial charge is 0.462 e. The predicted octanol–water partition coefficient (Wildman–Crippen LogP) is 22.9. The molecule has 0 aromatic heterocycles. The van der Waals surface area contributed by atoms with Gasteiger partial charge in [0, 0.05) is 19.3 Å². The fourth-order valence-corrected chi connectivity index (χ4v) is 10.0. The minimum atomic E-state index is -0.784. The van der Waals surface area contributed by atoms with Crippen molar-refractivity contribution in [2.24, 2.45) is 0 Å². The molecule has 0 heterocycles. The monoisotopic (exact) mass is 1060 g/mol. The van der Waals surface area contributed by atoms with E-state index in [2.05, 4.69) is 69.4 Å². The van der Waals surface area contributed by atoms with Crippen LogP contribution in [0.1, 0.15) is 361 Å². The maximum atomic E-state index is 12.9. The third-order valence-electron chi connectivity index (χ3n) is 15.1. The molecule has 1 unspecified atom stereocenters. The molecule has 0 radical (unpaired) electrons. The molecule has 0 aliphatic rings. The van der Waals surface area contributed by atoms with Gasteiger partial charge in [0.2, 0.25) is 0 Å². The zero-order valence-corrected chi connectivity index (χ0v) is 51.0. The molecule has 0 aliphatic heterocycles. The van der Waals surface area contributed by atoms with Gasteiger partial charge < -0.3 is 14.2 Å². The Morgan fingerprint density at radius 2 is 0.513 bits per heavy atom. The molecular formula is C70H128O6. The SMILES string of the molecule is CC/C=C\C/C=C\C/C=C\CCCCCCCC(=O)OC(COC(=O)CCCCCCC/C=C\CCCCCCC)COC(=O)CCCCCCCCCCCCCCCCCCCCCCCCCCCCCCC. The van der Waals surface area contributed by atoms with Crippen LogP contribution in [0, 0.1) is 0 Å². The Morgan fingerprint density at radius 3 is 0.816 bits per heavy atom. The third-order valence-corrected chi connectivity index (χ3v) is 15.1. The maximum absolute atomic E-state index is 12.9. The van der Waals surface area contributed by atoms with Gasteiger partial charge >= 0.3 is 17.9 Å². The summed E-state index contributed by atoms with van der Waals surface area (Å²) in [5.74, 6) is -0.885. The highest BCUT2D eigenvalue weighted by Crippen LogP contribution is 2.18. The standard InChI is InChI=1S/C70H128O6/c1-4-7-10-13-16-19-22-25-28-29-30-31-32-33-34-35-36-37-38-39-40-41-43-45-48-51-54-57-60-63-69(72)75-66-67(65-74-68(71)62-59-56-53-50-47-44-27-24-21-18-15-12-9-6-3)76-70(73)64-61-58-55-52-49-46-42-26-23-20-17-14-11-8-5-2/h8,11,17,20,24,26-27,42,67H,4-7,9-10,12-16,18-19,21-23,25,28-41,43-66H2,1-3H3/b11-8-,20-17-,27-24-,42-26-. The van der Waals surface area contributed by atoms with Crippen molar-refractivity contribution in [2.45, 2.75) is 367 Å². The molecule has 0 aliphatic carbocycles. The Labute approximate surface area is 473 Å². The van der Waals surface area contributed by atoms with Crippen molar-refractivity contribution in [3.63, 3.8) is 0 Å². The summed E-state index contributed by atoms with van der Waals surface area (Å²) in [6, 6.07) is 0. The summed E-state index contributed by atoms with van der Waals surface area (Å²) < 4.78 is 16.9. The molecule has 6 heteroatoms. The van der Waals surface area contributed by atoms with Crippen LogP contribution in [-0.2, 0) is 28.6 Å². The van der Waals surface area contributed by atoms with Crippen molar-refractivity contribution in [1.29, 1.82) is 0 Å². The molecular weight excluding hydrogens is 937 g/mol. The van der Waals surface area contributed by atoms with Gasteiger partial charge in [-0.3, -0.25) is 14.4 Å². The van der Waals surface area contributed by atoms with Gasteiger partial charge in [0.05, 0.1) is 0 Å². The van der Waals surface area contributed by atoms with Gasteiger partial charge in [0.25, 0.3) is 0 Å². The van der Waals surface area contributed by atoms with Gasteiger partial charge in [-0.2, -0.15) is 0 Å². The second-order valence-electron chi connectivity index (χ2n) is 22.7. The molecule has 0 amide bonds. The van der Waals surface area contributed by atoms with Crippen LogP contribution in [0.15, 0.2) is 48.6 Å². The molecule has 0 saturated heterocycles. The third kappa shape index (κ3) is 62.2. The Bertz CT molecular complexity index is 1310. The molecule has 0 aromatic carbocycles. The van der Waals surface area contributed by atoms with Crippen LogP contribution in [0.3, 0.4) is 0 Å². The lowest BCUT2D eigenvalue weighted by atomic mass is 10.0. The van der Waals surface area contributed by atoms with Crippen molar-refractivity contribution in [3.8, 4) is 0 Å². The Morgan fingerprint density at radius 1 is 0.276 bits per heavy atom. The van der Waals surface area contributed by atoms with Crippen LogP contribution in [0.25, 0.3) is 0 Å². The number of ether oxygens (including phenoxy) is 3. The summed E-state index contributed by atoms with van der Waals surface area (Å²) in [4.78, 5) is 38.3. The first-order chi connectivity index (χ1) is 37.5. The van der Waals surface area contributed by atoms with Crippen LogP contribution >= 0.6 is 0 Å². The second kappa shape index (κ2) is 64.9. The molecule has 6 nitrogen and oxygen atoms in total. The summed E-state index contributed by atoms with van der Waals surface area (Å²) in [6.45, 7) is 6.55. The zero-order valence-electron chi connectivity index (χ0n) is 51.0. The van der Waals surface area contributed by atoms with Gasteiger partial charge in [-0.25, -0.2) is 0 Å². The minimum Gasteiger partial charge on any atom is -0.462 e. The zero-order chi connectivity index (χ0) is 55.0. The van der Waals surface area contributed by atoms with E-state index in [1.807, 2.05) is 0 Å². The van der Waals surface area contributed by atoms with Crippen molar-refractivity contribution in [1.82, 2.24) is 0 Å². The van der Waals surface area contributed by atoms with Crippen LogP contribution in [0.5, 0.6) is 0 Å². The average Bonchev–Trinajstić information content (AvgIpc) is 3.42. The number of carbonyl (C=O) groups excluding carboxylic acids is 3. The van der Waals surface area contributed by atoms with E-state index >= 15 is 0 Å². The predicted molar refractivity (Wildman–Crippen MR) is 330 cm³/mol. The van der Waals surface area contributed by atoms with E-state index in [4.69, 9.17) is 14.2 Å².